The van der Waals surface area contributed by atoms with Gasteiger partial charge in [-0.1, -0.05) is 19.8 Å². The van der Waals surface area contributed by atoms with Gasteiger partial charge in [-0.2, -0.15) is 0 Å². The number of rotatable bonds is 19. The van der Waals surface area contributed by atoms with Crippen molar-refractivity contribution in [1.82, 2.24) is 0 Å². The minimum absolute atomic E-state index is 0.0838. The van der Waals surface area contributed by atoms with Gasteiger partial charge in [0.25, 0.3) is 0 Å². The first kappa shape index (κ1) is 26.8. The summed E-state index contributed by atoms with van der Waals surface area (Å²) in [6, 6.07) is 0. The van der Waals surface area contributed by atoms with Gasteiger partial charge in [0.2, 0.25) is 0 Å². The molecule has 0 aromatic heterocycles. The minimum atomic E-state index is -1.33. The maximum Gasteiger partial charge on any atom is 0.323 e. The van der Waals surface area contributed by atoms with Crippen molar-refractivity contribution in [2.24, 2.45) is 5.41 Å². The molecule has 0 aromatic rings. The molecule has 0 radical (unpaired) electrons. The smallest absolute Gasteiger partial charge is 0.323 e. The summed E-state index contributed by atoms with van der Waals surface area (Å²) >= 11 is 0. The predicted molar refractivity (Wildman–Crippen MR) is 104 cm³/mol. The molecule has 0 N–H and O–H groups in total. The molecule has 0 amide bonds. The zero-order valence-electron chi connectivity index (χ0n) is 18.0. The summed E-state index contributed by atoms with van der Waals surface area (Å²) < 4.78 is 31.4. The molecule has 0 unspecified atom stereocenters. The largest absolute Gasteiger partial charge is 0.462 e. The zero-order valence-corrected chi connectivity index (χ0v) is 18.0. The molecule has 28 heavy (non-hydrogen) atoms. The van der Waals surface area contributed by atoms with Crippen LogP contribution in [-0.4, -0.2) is 78.0 Å². The van der Waals surface area contributed by atoms with Gasteiger partial charge in [-0.05, 0) is 27.2 Å². The maximum atomic E-state index is 12.5. The lowest BCUT2D eigenvalue weighted by atomic mass is 9.85. The molecule has 0 fully saturated rings. The first-order chi connectivity index (χ1) is 13.5. The van der Waals surface area contributed by atoms with E-state index in [0.717, 1.165) is 12.8 Å². The molecule has 8 nitrogen and oxygen atoms in total. The zero-order chi connectivity index (χ0) is 21.1. The first-order valence-electron chi connectivity index (χ1n) is 10.2. The monoisotopic (exact) mass is 406 g/mol. The molecule has 0 saturated heterocycles. The fourth-order valence-corrected chi connectivity index (χ4v) is 2.25. The molecule has 0 aliphatic heterocycles. The van der Waals surface area contributed by atoms with Crippen LogP contribution in [0, 0.1) is 5.41 Å². The van der Waals surface area contributed by atoms with Crippen LogP contribution >= 0.6 is 0 Å². The fourth-order valence-electron chi connectivity index (χ4n) is 2.25. The van der Waals surface area contributed by atoms with Crippen molar-refractivity contribution in [3.8, 4) is 0 Å². The van der Waals surface area contributed by atoms with E-state index in [0.29, 0.717) is 46.1 Å². The van der Waals surface area contributed by atoms with Crippen LogP contribution in [0.3, 0.4) is 0 Å². The summed E-state index contributed by atoms with van der Waals surface area (Å²) in [6.45, 7) is 11.2. The molecular formula is C20H38O8. The van der Waals surface area contributed by atoms with Crippen molar-refractivity contribution < 1.29 is 38.0 Å². The standard InChI is InChI=1S/C20H38O8/c1-5-8-9-20(4,18(21)27-16-14-25-12-10-23-6-2)19(22)28-17-15-26-13-11-24-7-3/h5-17H2,1-4H3. The van der Waals surface area contributed by atoms with E-state index in [1.54, 1.807) is 6.92 Å². The molecule has 0 aliphatic rings. The Bertz CT molecular complexity index is 370. The first-order valence-corrected chi connectivity index (χ1v) is 10.2. The number of carbonyl (C=O) groups excluding carboxylic acids is 2. The van der Waals surface area contributed by atoms with Gasteiger partial charge in [-0.15, -0.1) is 0 Å². The number of ether oxygens (including phenoxy) is 6. The highest BCUT2D eigenvalue weighted by Gasteiger charge is 2.43. The Hall–Kier alpha value is -1.22. The van der Waals surface area contributed by atoms with Crippen LogP contribution in [0.25, 0.3) is 0 Å². The molecule has 0 aliphatic carbocycles. The Kier molecular flexibility index (Phi) is 17.1. The second-order valence-electron chi connectivity index (χ2n) is 6.33. The lowest BCUT2D eigenvalue weighted by Crippen LogP contribution is -2.40. The Morgan fingerprint density at radius 3 is 1.43 bits per heavy atom. The van der Waals surface area contributed by atoms with Crippen molar-refractivity contribution in [2.45, 2.75) is 47.0 Å². The molecule has 0 saturated carbocycles. The van der Waals surface area contributed by atoms with Crippen LogP contribution in [0.15, 0.2) is 0 Å². The van der Waals surface area contributed by atoms with Crippen LogP contribution in [0.1, 0.15) is 47.0 Å². The van der Waals surface area contributed by atoms with E-state index in [9.17, 15) is 9.59 Å². The lowest BCUT2D eigenvalue weighted by Gasteiger charge is -2.25. The highest BCUT2D eigenvalue weighted by Crippen LogP contribution is 2.28. The fraction of sp³-hybridized carbons (Fsp3) is 0.900. The quantitative estimate of drug-likeness (QED) is 0.183. The molecule has 0 bridgehead atoms. The molecule has 8 heteroatoms. The number of hydrogen-bond acceptors (Lipinski definition) is 8. The normalized spacial score (nSPS) is 11.4. The third-order valence-electron chi connectivity index (χ3n) is 4.01. The van der Waals surface area contributed by atoms with Gasteiger partial charge in [0, 0.05) is 13.2 Å². The highest BCUT2D eigenvalue weighted by molar-refractivity contribution is 5.99. The Morgan fingerprint density at radius 1 is 0.643 bits per heavy atom. The summed E-state index contributed by atoms with van der Waals surface area (Å²) in [7, 11) is 0. The predicted octanol–water partition coefficient (Wildman–Crippen LogP) is 2.38. The van der Waals surface area contributed by atoms with E-state index in [2.05, 4.69) is 0 Å². The van der Waals surface area contributed by atoms with Gasteiger partial charge in [0.05, 0.1) is 39.6 Å². The molecule has 0 aromatic carbocycles. The summed E-state index contributed by atoms with van der Waals surface area (Å²) in [4.78, 5) is 25.0. The van der Waals surface area contributed by atoms with Crippen LogP contribution < -0.4 is 0 Å². The summed E-state index contributed by atoms with van der Waals surface area (Å²) in [5, 5.41) is 0. The number of esters is 2. The molecule has 0 spiro atoms. The molecule has 0 rings (SSSR count). The molecule has 0 heterocycles. The Morgan fingerprint density at radius 2 is 1.04 bits per heavy atom. The van der Waals surface area contributed by atoms with Gasteiger partial charge in [0.15, 0.2) is 5.41 Å². The van der Waals surface area contributed by atoms with Crippen molar-refractivity contribution in [2.75, 3.05) is 66.1 Å². The lowest BCUT2D eigenvalue weighted by molar-refractivity contribution is -0.173. The topological polar surface area (TPSA) is 89.5 Å². The van der Waals surface area contributed by atoms with E-state index in [4.69, 9.17) is 28.4 Å². The van der Waals surface area contributed by atoms with Crippen LogP contribution in [0.4, 0.5) is 0 Å². The van der Waals surface area contributed by atoms with Crippen LogP contribution in [0.2, 0.25) is 0 Å². The number of hydrogen-bond donors (Lipinski definition) is 0. The number of unbranched alkanes of at least 4 members (excludes halogenated alkanes) is 1. The summed E-state index contributed by atoms with van der Waals surface area (Å²) in [5.74, 6) is -1.17. The van der Waals surface area contributed by atoms with Gasteiger partial charge in [0.1, 0.15) is 13.2 Å². The third-order valence-corrected chi connectivity index (χ3v) is 4.01. The second-order valence-corrected chi connectivity index (χ2v) is 6.33. The SMILES string of the molecule is CCCCC(C)(C(=O)OCCOCCOCC)C(=O)OCCOCCOCC. The average molecular weight is 407 g/mol. The van der Waals surface area contributed by atoms with Crippen molar-refractivity contribution in [3.05, 3.63) is 0 Å². The molecule has 0 atom stereocenters. The van der Waals surface area contributed by atoms with Gasteiger partial charge in [-0.3, -0.25) is 9.59 Å². The van der Waals surface area contributed by atoms with E-state index in [-0.39, 0.29) is 26.4 Å². The van der Waals surface area contributed by atoms with E-state index >= 15 is 0 Å². The third kappa shape index (κ3) is 12.3. The second kappa shape index (κ2) is 17.8. The van der Waals surface area contributed by atoms with Gasteiger partial charge < -0.3 is 28.4 Å². The molecular weight excluding hydrogens is 368 g/mol. The van der Waals surface area contributed by atoms with Crippen LogP contribution in [-0.2, 0) is 38.0 Å². The number of carbonyl (C=O) groups is 2. The minimum Gasteiger partial charge on any atom is -0.462 e. The van der Waals surface area contributed by atoms with Gasteiger partial charge >= 0.3 is 11.9 Å². The van der Waals surface area contributed by atoms with Crippen molar-refractivity contribution in [3.63, 3.8) is 0 Å². The maximum absolute atomic E-state index is 12.5. The average Bonchev–Trinajstić information content (AvgIpc) is 2.70. The van der Waals surface area contributed by atoms with E-state index < -0.39 is 17.4 Å². The van der Waals surface area contributed by atoms with E-state index in [1.807, 2.05) is 20.8 Å². The highest BCUT2D eigenvalue weighted by atomic mass is 16.6. The van der Waals surface area contributed by atoms with Crippen molar-refractivity contribution >= 4 is 11.9 Å². The summed E-state index contributed by atoms with van der Waals surface area (Å²) in [6.07, 6.45) is 1.95. The Labute approximate surface area is 169 Å². The Balaban J connectivity index is 4.28. The molecule has 166 valence electrons. The van der Waals surface area contributed by atoms with Crippen LogP contribution in [0.5, 0.6) is 0 Å². The van der Waals surface area contributed by atoms with E-state index in [1.165, 1.54) is 0 Å². The van der Waals surface area contributed by atoms with Crippen molar-refractivity contribution in [1.29, 1.82) is 0 Å². The van der Waals surface area contributed by atoms with Gasteiger partial charge in [-0.25, -0.2) is 0 Å². The summed E-state index contributed by atoms with van der Waals surface area (Å²) in [5.41, 5.74) is -1.33.